The zero-order valence-electron chi connectivity index (χ0n) is 14.1. The van der Waals surface area contributed by atoms with Gasteiger partial charge >= 0.3 is 0 Å². The van der Waals surface area contributed by atoms with E-state index >= 15 is 0 Å². The molecule has 1 aliphatic rings. The summed E-state index contributed by atoms with van der Waals surface area (Å²) in [6.45, 7) is 7.13. The van der Waals surface area contributed by atoms with Crippen LogP contribution in [0.4, 0.5) is 0 Å². The molecule has 0 spiro atoms. The topological polar surface area (TPSA) is 32.7 Å². The third-order valence-corrected chi connectivity index (χ3v) is 4.55. The van der Waals surface area contributed by atoms with Crippen molar-refractivity contribution in [3.8, 4) is 5.75 Å². The molecule has 1 aliphatic heterocycles. The minimum absolute atomic E-state index is 0.285. The maximum absolute atomic E-state index is 10.3. The molecular formula is C19H31NO2. The molecule has 1 aromatic rings. The molecule has 1 aromatic carbocycles. The number of benzene rings is 1. The number of piperidine rings is 1. The van der Waals surface area contributed by atoms with Gasteiger partial charge in [0.1, 0.15) is 5.75 Å². The number of hydrogen-bond donors (Lipinski definition) is 1. The van der Waals surface area contributed by atoms with Crippen molar-refractivity contribution in [1.82, 2.24) is 4.90 Å². The number of hydrogen-bond acceptors (Lipinski definition) is 3. The summed E-state index contributed by atoms with van der Waals surface area (Å²) in [6, 6.07) is 8.79. The first kappa shape index (κ1) is 17.3. The molecule has 1 saturated heterocycles. The quantitative estimate of drug-likeness (QED) is 0.744. The van der Waals surface area contributed by atoms with E-state index in [1.807, 2.05) is 12.1 Å². The van der Waals surface area contributed by atoms with Gasteiger partial charge in [-0.3, -0.25) is 4.90 Å². The van der Waals surface area contributed by atoms with Gasteiger partial charge in [-0.1, -0.05) is 31.9 Å². The van der Waals surface area contributed by atoms with Crippen LogP contribution < -0.4 is 4.74 Å². The van der Waals surface area contributed by atoms with Crippen LogP contribution in [0.1, 0.15) is 51.5 Å². The number of rotatable bonds is 8. The van der Waals surface area contributed by atoms with Crippen molar-refractivity contribution < 1.29 is 9.84 Å². The first-order chi connectivity index (χ1) is 10.7. The van der Waals surface area contributed by atoms with Crippen LogP contribution >= 0.6 is 0 Å². The first-order valence-electron chi connectivity index (χ1n) is 8.83. The number of likely N-dealkylation sites (tertiary alicyclic amines) is 1. The summed E-state index contributed by atoms with van der Waals surface area (Å²) >= 11 is 0. The zero-order valence-corrected chi connectivity index (χ0v) is 14.1. The third kappa shape index (κ3) is 5.62. The fraction of sp³-hybridized carbons (Fsp3) is 0.684. The van der Waals surface area contributed by atoms with Gasteiger partial charge in [-0.05, 0) is 56.8 Å². The van der Waals surface area contributed by atoms with Gasteiger partial charge in [-0.2, -0.15) is 0 Å². The SMILES string of the molecule is CCCCOc1ccc(C[C@H](O)CN2CCCC[C@@H]2C)cc1. The molecule has 0 aromatic heterocycles. The van der Waals surface area contributed by atoms with E-state index in [4.69, 9.17) is 4.74 Å². The number of aliphatic hydroxyl groups is 1. The van der Waals surface area contributed by atoms with Crippen LogP contribution in [0.5, 0.6) is 5.75 Å². The Labute approximate surface area is 135 Å². The summed E-state index contributed by atoms with van der Waals surface area (Å²) in [5, 5.41) is 10.3. The molecule has 1 heterocycles. The number of unbranched alkanes of at least 4 members (excludes halogenated alkanes) is 1. The summed E-state index contributed by atoms with van der Waals surface area (Å²) in [5.41, 5.74) is 1.18. The smallest absolute Gasteiger partial charge is 0.119 e. The lowest BCUT2D eigenvalue weighted by atomic mass is 10.0. The largest absolute Gasteiger partial charge is 0.494 e. The van der Waals surface area contributed by atoms with Crippen molar-refractivity contribution in [3.05, 3.63) is 29.8 Å². The highest BCUT2D eigenvalue weighted by atomic mass is 16.5. The van der Waals surface area contributed by atoms with Gasteiger partial charge in [0.2, 0.25) is 0 Å². The molecule has 22 heavy (non-hydrogen) atoms. The Morgan fingerprint density at radius 2 is 2.05 bits per heavy atom. The van der Waals surface area contributed by atoms with Gasteiger partial charge in [0.25, 0.3) is 0 Å². The van der Waals surface area contributed by atoms with Crippen molar-refractivity contribution >= 4 is 0 Å². The Kier molecular flexibility index (Phi) is 7.20. The average molecular weight is 305 g/mol. The van der Waals surface area contributed by atoms with Gasteiger partial charge in [0.05, 0.1) is 12.7 Å². The normalized spacial score (nSPS) is 20.8. The van der Waals surface area contributed by atoms with Gasteiger partial charge < -0.3 is 9.84 Å². The fourth-order valence-electron chi connectivity index (χ4n) is 3.09. The highest BCUT2D eigenvalue weighted by Gasteiger charge is 2.20. The van der Waals surface area contributed by atoms with Crippen LogP contribution in [-0.4, -0.2) is 41.8 Å². The van der Waals surface area contributed by atoms with Gasteiger partial charge in [-0.25, -0.2) is 0 Å². The van der Waals surface area contributed by atoms with E-state index in [2.05, 4.69) is 30.9 Å². The molecule has 1 N–H and O–H groups in total. The highest BCUT2D eigenvalue weighted by Crippen LogP contribution is 2.18. The van der Waals surface area contributed by atoms with E-state index in [-0.39, 0.29) is 6.10 Å². The maximum atomic E-state index is 10.3. The van der Waals surface area contributed by atoms with E-state index in [0.717, 1.165) is 44.7 Å². The summed E-state index contributed by atoms with van der Waals surface area (Å²) in [4.78, 5) is 2.43. The van der Waals surface area contributed by atoms with Crippen LogP contribution in [0.2, 0.25) is 0 Å². The molecule has 0 unspecified atom stereocenters. The number of β-amino-alcohol motifs (C(OH)–C–C–N with tert-alkyl or cyclic N) is 1. The van der Waals surface area contributed by atoms with Crippen LogP contribution in [0.3, 0.4) is 0 Å². The van der Waals surface area contributed by atoms with Gasteiger partial charge in [0.15, 0.2) is 0 Å². The lowest BCUT2D eigenvalue weighted by molar-refractivity contribution is 0.0736. The lowest BCUT2D eigenvalue weighted by Crippen LogP contribution is -2.42. The summed E-state index contributed by atoms with van der Waals surface area (Å²) in [7, 11) is 0. The Hall–Kier alpha value is -1.06. The molecule has 3 nitrogen and oxygen atoms in total. The van der Waals surface area contributed by atoms with E-state index in [9.17, 15) is 5.11 Å². The molecule has 124 valence electrons. The molecule has 1 fully saturated rings. The lowest BCUT2D eigenvalue weighted by Gasteiger charge is -2.34. The standard InChI is InChI=1S/C19H31NO2/c1-3-4-13-22-19-10-8-17(9-11-19)14-18(21)15-20-12-6-5-7-16(20)2/h8-11,16,18,21H,3-7,12-15H2,1-2H3/t16-,18-/m0/s1. The minimum atomic E-state index is -0.285. The number of ether oxygens (including phenoxy) is 1. The predicted molar refractivity (Wildman–Crippen MR) is 91.4 cm³/mol. The van der Waals surface area contributed by atoms with Crippen LogP contribution in [0.25, 0.3) is 0 Å². The predicted octanol–water partition coefficient (Wildman–Crippen LogP) is 3.64. The van der Waals surface area contributed by atoms with E-state index < -0.39 is 0 Å². The molecule has 3 heteroatoms. The molecule has 2 rings (SSSR count). The Bertz CT molecular complexity index is 418. The van der Waals surface area contributed by atoms with Crippen LogP contribution in [-0.2, 0) is 6.42 Å². The molecule has 2 atom stereocenters. The number of aliphatic hydroxyl groups excluding tert-OH is 1. The fourth-order valence-corrected chi connectivity index (χ4v) is 3.09. The van der Waals surface area contributed by atoms with Crippen LogP contribution in [0, 0.1) is 0 Å². The summed E-state index contributed by atoms with van der Waals surface area (Å²) in [5.74, 6) is 0.927. The molecule has 0 bridgehead atoms. The summed E-state index contributed by atoms with van der Waals surface area (Å²) in [6.07, 6.45) is 6.53. The van der Waals surface area contributed by atoms with Gasteiger partial charge in [0, 0.05) is 12.6 Å². The Morgan fingerprint density at radius 1 is 1.27 bits per heavy atom. The van der Waals surface area contributed by atoms with E-state index in [0.29, 0.717) is 6.04 Å². The molecule has 0 saturated carbocycles. The second kappa shape index (κ2) is 9.16. The van der Waals surface area contributed by atoms with Crippen molar-refractivity contribution in [2.75, 3.05) is 19.7 Å². The van der Waals surface area contributed by atoms with Crippen molar-refractivity contribution in [2.24, 2.45) is 0 Å². The third-order valence-electron chi connectivity index (χ3n) is 4.55. The number of nitrogens with zero attached hydrogens (tertiary/aromatic N) is 1. The van der Waals surface area contributed by atoms with Crippen molar-refractivity contribution in [3.63, 3.8) is 0 Å². The monoisotopic (exact) mass is 305 g/mol. The van der Waals surface area contributed by atoms with E-state index in [1.165, 1.54) is 24.8 Å². The molecule has 0 radical (unpaired) electrons. The Morgan fingerprint density at radius 3 is 2.73 bits per heavy atom. The Balaban J connectivity index is 1.77. The van der Waals surface area contributed by atoms with Gasteiger partial charge in [-0.15, -0.1) is 0 Å². The zero-order chi connectivity index (χ0) is 15.8. The highest BCUT2D eigenvalue weighted by molar-refractivity contribution is 5.27. The second-order valence-electron chi connectivity index (χ2n) is 6.54. The van der Waals surface area contributed by atoms with E-state index in [1.54, 1.807) is 0 Å². The first-order valence-corrected chi connectivity index (χ1v) is 8.83. The van der Waals surface area contributed by atoms with Crippen LogP contribution in [0.15, 0.2) is 24.3 Å². The second-order valence-corrected chi connectivity index (χ2v) is 6.54. The average Bonchev–Trinajstić information content (AvgIpc) is 2.51. The molecule has 0 aliphatic carbocycles. The van der Waals surface area contributed by atoms with Crippen molar-refractivity contribution in [1.29, 1.82) is 0 Å². The molecular weight excluding hydrogens is 274 g/mol. The minimum Gasteiger partial charge on any atom is -0.494 e. The summed E-state index contributed by atoms with van der Waals surface area (Å²) < 4.78 is 5.67. The molecule has 0 amide bonds. The maximum Gasteiger partial charge on any atom is 0.119 e. The van der Waals surface area contributed by atoms with Crippen molar-refractivity contribution in [2.45, 2.75) is 64.5 Å².